The Labute approximate surface area is 194 Å². The lowest BCUT2D eigenvalue weighted by molar-refractivity contribution is 0.174. The van der Waals surface area contributed by atoms with Crippen molar-refractivity contribution in [2.45, 2.75) is 20.0 Å². The van der Waals surface area contributed by atoms with Crippen LogP contribution in [-0.4, -0.2) is 22.7 Å². The van der Waals surface area contributed by atoms with Gasteiger partial charge < -0.3 is 24.7 Å². The van der Waals surface area contributed by atoms with Crippen LogP contribution in [0.1, 0.15) is 16.7 Å². The number of pyridine rings is 1. The van der Waals surface area contributed by atoms with E-state index in [4.69, 9.17) is 9.47 Å². The smallest absolute Gasteiger partial charge is 0.322 e. The highest BCUT2D eigenvalue weighted by molar-refractivity contribution is 5.89. The van der Waals surface area contributed by atoms with E-state index in [1.54, 1.807) is 30.3 Å². The number of rotatable bonds is 5. The Morgan fingerprint density at radius 3 is 2.71 bits per heavy atom. The van der Waals surface area contributed by atoms with Crippen molar-refractivity contribution in [1.82, 2.24) is 9.88 Å². The Hall–Kier alpha value is -4.33. The molecule has 0 saturated carbocycles. The Morgan fingerprint density at radius 2 is 1.85 bits per heavy atom. The number of fused-ring (bicyclic) bond motifs is 2. The quantitative estimate of drug-likeness (QED) is 0.443. The van der Waals surface area contributed by atoms with E-state index < -0.39 is 11.8 Å². The molecule has 0 atom stereocenters. The summed E-state index contributed by atoms with van der Waals surface area (Å²) in [6.45, 7) is 2.30. The van der Waals surface area contributed by atoms with Crippen molar-refractivity contribution >= 4 is 22.6 Å². The van der Waals surface area contributed by atoms with E-state index >= 15 is 0 Å². The molecule has 0 bridgehead atoms. The Balaban J connectivity index is 1.47. The SMILES string of the molecule is Cc1ccc2[nH]c(=O)c(CN(Cc3ccc4c(c3)OCO4)C(=O)Nc3ccccc3F)cc2c1. The average molecular weight is 459 g/mol. The van der Waals surface area contributed by atoms with Crippen LogP contribution in [0.5, 0.6) is 11.5 Å². The largest absolute Gasteiger partial charge is 0.454 e. The van der Waals surface area contributed by atoms with Crippen molar-refractivity contribution in [2.75, 3.05) is 12.1 Å². The number of nitrogens with one attached hydrogen (secondary N) is 2. The summed E-state index contributed by atoms with van der Waals surface area (Å²) in [5.41, 5.74) is 2.75. The minimum absolute atomic E-state index is 0.0218. The fraction of sp³-hybridized carbons (Fsp3) is 0.154. The lowest BCUT2D eigenvalue weighted by atomic mass is 10.1. The third kappa shape index (κ3) is 4.43. The van der Waals surface area contributed by atoms with Crippen LogP contribution in [0.15, 0.2) is 71.5 Å². The van der Waals surface area contributed by atoms with Crippen molar-refractivity contribution in [3.8, 4) is 11.5 Å². The van der Waals surface area contributed by atoms with Gasteiger partial charge in [0.25, 0.3) is 5.56 Å². The zero-order valence-corrected chi connectivity index (χ0v) is 18.4. The zero-order chi connectivity index (χ0) is 23.7. The molecule has 1 aliphatic rings. The molecule has 0 saturated heterocycles. The summed E-state index contributed by atoms with van der Waals surface area (Å²) < 4.78 is 25.0. The topological polar surface area (TPSA) is 83.7 Å². The first kappa shape index (κ1) is 21.5. The van der Waals surface area contributed by atoms with E-state index in [9.17, 15) is 14.0 Å². The molecule has 3 aromatic carbocycles. The first-order valence-corrected chi connectivity index (χ1v) is 10.8. The number of aryl methyl sites for hydroxylation is 1. The summed E-state index contributed by atoms with van der Waals surface area (Å²) in [5, 5.41) is 3.48. The van der Waals surface area contributed by atoms with E-state index in [0.29, 0.717) is 17.1 Å². The number of aromatic amines is 1. The predicted octanol–water partition coefficient (Wildman–Crippen LogP) is 4.94. The first-order valence-electron chi connectivity index (χ1n) is 10.8. The number of urea groups is 1. The second-order valence-corrected chi connectivity index (χ2v) is 8.17. The maximum atomic E-state index is 14.2. The van der Waals surface area contributed by atoms with Gasteiger partial charge in [0.2, 0.25) is 6.79 Å². The molecule has 5 rings (SSSR count). The Morgan fingerprint density at radius 1 is 1.03 bits per heavy atom. The first-order chi connectivity index (χ1) is 16.5. The van der Waals surface area contributed by atoms with Gasteiger partial charge in [-0.15, -0.1) is 0 Å². The molecular weight excluding hydrogens is 437 g/mol. The lowest BCUT2D eigenvalue weighted by Gasteiger charge is -2.23. The highest BCUT2D eigenvalue weighted by Crippen LogP contribution is 2.33. The summed E-state index contributed by atoms with van der Waals surface area (Å²) in [7, 11) is 0. The van der Waals surface area contributed by atoms with Crippen LogP contribution in [-0.2, 0) is 13.1 Å². The van der Waals surface area contributed by atoms with Crippen LogP contribution in [0.3, 0.4) is 0 Å². The number of hydrogen-bond acceptors (Lipinski definition) is 4. The monoisotopic (exact) mass is 459 g/mol. The van der Waals surface area contributed by atoms with Crippen LogP contribution >= 0.6 is 0 Å². The van der Waals surface area contributed by atoms with Gasteiger partial charge in [0, 0.05) is 17.6 Å². The van der Waals surface area contributed by atoms with Gasteiger partial charge in [0.15, 0.2) is 11.5 Å². The predicted molar refractivity (Wildman–Crippen MR) is 127 cm³/mol. The number of anilines is 1. The van der Waals surface area contributed by atoms with Gasteiger partial charge >= 0.3 is 6.03 Å². The van der Waals surface area contributed by atoms with Crippen LogP contribution in [0.25, 0.3) is 10.9 Å². The van der Waals surface area contributed by atoms with Gasteiger partial charge in [0.05, 0.1) is 12.2 Å². The summed E-state index contributed by atoms with van der Waals surface area (Å²) in [5.74, 6) is 0.677. The van der Waals surface area contributed by atoms with Crippen molar-refractivity contribution < 1.29 is 18.7 Å². The summed E-state index contributed by atoms with van der Waals surface area (Å²) >= 11 is 0. The molecule has 2 heterocycles. The molecule has 0 aliphatic carbocycles. The Kier molecular flexibility index (Phi) is 5.63. The highest BCUT2D eigenvalue weighted by Gasteiger charge is 2.20. The van der Waals surface area contributed by atoms with Gasteiger partial charge in [-0.2, -0.15) is 0 Å². The number of H-pyrrole nitrogens is 1. The average Bonchev–Trinajstić information content (AvgIpc) is 3.29. The normalized spacial score (nSPS) is 12.1. The van der Waals surface area contributed by atoms with Crippen LogP contribution in [0, 0.1) is 12.7 Å². The molecule has 1 aromatic heterocycles. The minimum atomic E-state index is -0.544. The molecule has 0 fully saturated rings. The molecule has 7 nitrogen and oxygen atoms in total. The highest BCUT2D eigenvalue weighted by atomic mass is 19.1. The van der Waals surface area contributed by atoms with Crippen LogP contribution < -0.4 is 20.3 Å². The number of ether oxygens (including phenoxy) is 2. The zero-order valence-electron chi connectivity index (χ0n) is 18.4. The molecule has 0 radical (unpaired) electrons. The molecule has 4 aromatic rings. The molecule has 2 N–H and O–H groups in total. The van der Waals surface area contributed by atoms with E-state index in [1.165, 1.54) is 17.0 Å². The molecule has 1 aliphatic heterocycles. The fourth-order valence-corrected chi connectivity index (χ4v) is 3.91. The second kappa shape index (κ2) is 8.90. The van der Waals surface area contributed by atoms with E-state index in [1.807, 2.05) is 31.2 Å². The number of halogens is 1. The van der Waals surface area contributed by atoms with Gasteiger partial charge in [-0.25, -0.2) is 9.18 Å². The molecular formula is C26H22FN3O4. The number of nitrogens with zero attached hydrogens (tertiary/aromatic N) is 1. The van der Waals surface area contributed by atoms with Crippen molar-refractivity contribution in [3.05, 3.63) is 99.6 Å². The number of hydrogen-bond donors (Lipinski definition) is 2. The molecule has 8 heteroatoms. The Bertz CT molecular complexity index is 1450. The van der Waals surface area contributed by atoms with Crippen molar-refractivity contribution in [3.63, 3.8) is 0 Å². The van der Waals surface area contributed by atoms with Crippen molar-refractivity contribution in [2.24, 2.45) is 0 Å². The second-order valence-electron chi connectivity index (χ2n) is 8.17. The summed E-state index contributed by atoms with van der Waals surface area (Å²) in [6, 6.07) is 18.3. The third-order valence-electron chi connectivity index (χ3n) is 5.65. The van der Waals surface area contributed by atoms with Crippen LogP contribution in [0.2, 0.25) is 0 Å². The summed E-state index contributed by atoms with van der Waals surface area (Å²) in [4.78, 5) is 30.3. The van der Waals surface area contributed by atoms with Gasteiger partial charge in [-0.3, -0.25) is 4.79 Å². The molecule has 34 heavy (non-hydrogen) atoms. The number of carbonyl (C=O) groups excluding carboxylic acids is 1. The molecule has 0 unspecified atom stereocenters. The van der Waals surface area contributed by atoms with E-state index in [0.717, 1.165) is 22.0 Å². The number of aromatic nitrogens is 1. The molecule has 2 amide bonds. The third-order valence-corrected chi connectivity index (χ3v) is 5.65. The van der Waals surface area contributed by atoms with E-state index in [-0.39, 0.29) is 31.1 Å². The van der Waals surface area contributed by atoms with E-state index in [2.05, 4.69) is 10.3 Å². The number of para-hydroxylation sites is 1. The minimum Gasteiger partial charge on any atom is -0.454 e. The lowest BCUT2D eigenvalue weighted by Crippen LogP contribution is -2.36. The summed E-state index contributed by atoms with van der Waals surface area (Å²) in [6.07, 6.45) is 0. The molecule has 172 valence electrons. The number of carbonyl (C=O) groups is 1. The van der Waals surface area contributed by atoms with Crippen molar-refractivity contribution in [1.29, 1.82) is 0 Å². The standard InChI is InChI=1S/C26H22FN3O4/c1-16-6-8-21-18(10-16)12-19(25(31)28-21)14-30(26(32)29-22-5-3-2-4-20(22)27)13-17-7-9-23-24(11-17)34-15-33-23/h2-12H,13-15H2,1H3,(H,28,31)(H,29,32). The maximum absolute atomic E-state index is 14.2. The van der Waals surface area contributed by atoms with Gasteiger partial charge in [-0.1, -0.05) is 29.8 Å². The van der Waals surface area contributed by atoms with Crippen LogP contribution in [0.4, 0.5) is 14.9 Å². The fourth-order valence-electron chi connectivity index (χ4n) is 3.91. The van der Waals surface area contributed by atoms with Gasteiger partial charge in [-0.05, 0) is 60.3 Å². The maximum Gasteiger partial charge on any atom is 0.322 e. The molecule has 0 spiro atoms. The number of benzene rings is 3. The van der Waals surface area contributed by atoms with Gasteiger partial charge in [0.1, 0.15) is 5.82 Å². The number of amides is 2.